The molecule has 106 valence electrons. The maximum Gasteiger partial charge on any atom is 0.123 e. The molecule has 1 aromatic carbocycles. The van der Waals surface area contributed by atoms with E-state index in [9.17, 15) is 0 Å². The number of benzene rings is 1. The molecule has 0 bridgehead atoms. The summed E-state index contributed by atoms with van der Waals surface area (Å²) in [5.41, 5.74) is 7.02. The van der Waals surface area contributed by atoms with Crippen LogP contribution in [0.25, 0.3) is 0 Å². The molecule has 2 rings (SSSR count). The van der Waals surface area contributed by atoms with Gasteiger partial charge in [0, 0.05) is 11.6 Å². The largest absolute Gasteiger partial charge is 0.489 e. The third-order valence-electron chi connectivity index (χ3n) is 4.03. The highest BCUT2D eigenvalue weighted by atomic mass is 35.5. The molecule has 0 aliphatic heterocycles. The zero-order valence-electron chi connectivity index (χ0n) is 11.7. The Hall–Kier alpha value is -0.730. The first-order chi connectivity index (χ1) is 9.24. The number of nitrogens with two attached hydrogens (primary N) is 1. The van der Waals surface area contributed by atoms with Crippen molar-refractivity contribution in [3.63, 3.8) is 0 Å². The molecule has 2 N–H and O–H groups in total. The quantitative estimate of drug-likeness (QED) is 0.862. The lowest BCUT2D eigenvalue weighted by Crippen LogP contribution is -2.26. The Morgan fingerprint density at radius 2 is 2.05 bits per heavy atom. The lowest BCUT2D eigenvalue weighted by Gasteiger charge is -2.26. The van der Waals surface area contributed by atoms with Gasteiger partial charge in [0.15, 0.2) is 0 Å². The number of hydrogen-bond donors (Lipinski definition) is 1. The predicted octanol–water partition coefficient (Wildman–Crippen LogP) is 4.50. The maximum atomic E-state index is 6.16. The van der Waals surface area contributed by atoms with Gasteiger partial charge < -0.3 is 10.5 Å². The summed E-state index contributed by atoms with van der Waals surface area (Å²) >= 11 is 6.16. The zero-order valence-corrected chi connectivity index (χ0v) is 12.5. The number of ether oxygens (including phenoxy) is 1. The van der Waals surface area contributed by atoms with Gasteiger partial charge in [-0.2, -0.15) is 0 Å². The van der Waals surface area contributed by atoms with Crippen molar-refractivity contribution in [1.82, 2.24) is 0 Å². The second-order valence-corrected chi connectivity index (χ2v) is 5.84. The Labute approximate surface area is 121 Å². The highest BCUT2D eigenvalue weighted by molar-refractivity contribution is 6.30. The molecule has 0 aromatic heterocycles. The molecule has 3 heteroatoms. The first-order valence-corrected chi connectivity index (χ1v) is 7.78. The summed E-state index contributed by atoms with van der Waals surface area (Å²) in [6.07, 6.45) is 7.50. The zero-order chi connectivity index (χ0) is 13.7. The Balaban J connectivity index is 2.21. The topological polar surface area (TPSA) is 35.2 Å². The second kappa shape index (κ2) is 7.16. The summed E-state index contributed by atoms with van der Waals surface area (Å²) in [7, 11) is 0. The van der Waals surface area contributed by atoms with Gasteiger partial charge in [0.1, 0.15) is 11.9 Å². The van der Waals surface area contributed by atoms with E-state index in [1.807, 2.05) is 12.1 Å². The van der Waals surface area contributed by atoms with Crippen LogP contribution in [0.15, 0.2) is 18.2 Å². The fourth-order valence-corrected chi connectivity index (χ4v) is 3.02. The van der Waals surface area contributed by atoms with Crippen molar-refractivity contribution in [2.24, 2.45) is 5.73 Å². The number of halogens is 1. The standard InChI is InChI=1S/C16H24ClNO/c1-2-14(11-18)19-16-9-8-13(17)10-15(16)12-6-4-3-5-7-12/h8-10,12,14H,2-7,11,18H2,1H3. The van der Waals surface area contributed by atoms with Crippen molar-refractivity contribution in [2.75, 3.05) is 6.54 Å². The van der Waals surface area contributed by atoms with Crippen molar-refractivity contribution in [3.8, 4) is 5.75 Å². The van der Waals surface area contributed by atoms with Gasteiger partial charge in [-0.25, -0.2) is 0 Å². The molecule has 1 aliphatic carbocycles. The summed E-state index contributed by atoms with van der Waals surface area (Å²) in [6.45, 7) is 2.66. The van der Waals surface area contributed by atoms with Crippen LogP contribution in [0.3, 0.4) is 0 Å². The minimum absolute atomic E-state index is 0.100. The van der Waals surface area contributed by atoms with Crippen LogP contribution in [-0.2, 0) is 0 Å². The highest BCUT2D eigenvalue weighted by Gasteiger charge is 2.20. The molecule has 0 spiro atoms. The molecule has 19 heavy (non-hydrogen) atoms. The number of hydrogen-bond acceptors (Lipinski definition) is 2. The van der Waals surface area contributed by atoms with Gasteiger partial charge in [0.2, 0.25) is 0 Å². The maximum absolute atomic E-state index is 6.16. The van der Waals surface area contributed by atoms with Gasteiger partial charge >= 0.3 is 0 Å². The van der Waals surface area contributed by atoms with Crippen molar-refractivity contribution >= 4 is 11.6 Å². The first-order valence-electron chi connectivity index (χ1n) is 7.40. The Morgan fingerprint density at radius 1 is 1.32 bits per heavy atom. The van der Waals surface area contributed by atoms with Gasteiger partial charge in [0.05, 0.1) is 0 Å². The predicted molar refractivity (Wildman–Crippen MR) is 81.0 cm³/mol. The van der Waals surface area contributed by atoms with Gasteiger partial charge in [-0.3, -0.25) is 0 Å². The minimum atomic E-state index is 0.100. The van der Waals surface area contributed by atoms with Crippen LogP contribution >= 0.6 is 11.6 Å². The smallest absolute Gasteiger partial charge is 0.123 e. The highest BCUT2D eigenvalue weighted by Crippen LogP contribution is 2.39. The van der Waals surface area contributed by atoms with Gasteiger partial charge in [-0.1, -0.05) is 37.8 Å². The summed E-state index contributed by atoms with van der Waals surface area (Å²) < 4.78 is 6.07. The van der Waals surface area contributed by atoms with E-state index in [-0.39, 0.29) is 6.10 Å². The SMILES string of the molecule is CCC(CN)Oc1ccc(Cl)cc1C1CCCCC1. The van der Waals surface area contributed by atoms with E-state index < -0.39 is 0 Å². The third-order valence-corrected chi connectivity index (χ3v) is 4.26. The van der Waals surface area contributed by atoms with Gasteiger partial charge in [-0.05, 0) is 48.9 Å². The van der Waals surface area contributed by atoms with E-state index in [0.717, 1.165) is 17.2 Å². The van der Waals surface area contributed by atoms with Crippen LogP contribution in [0.2, 0.25) is 5.02 Å². The van der Waals surface area contributed by atoms with E-state index in [1.165, 1.54) is 37.7 Å². The molecule has 1 unspecified atom stereocenters. The molecule has 0 heterocycles. The van der Waals surface area contributed by atoms with E-state index in [1.54, 1.807) is 0 Å². The Kier molecular flexibility index (Phi) is 5.53. The van der Waals surface area contributed by atoms with Crippen LogP contribution in [0.1, 0.15) is 56.9 Å². The lowest BCUT2D eigenvalue weighted by molar-refractivity contribution is 0.201. The number of rotatable bonds is 5. The molecule has 1 aliphatic rings. The van der Waals surface area contributed by atoms with Crippen molar-refractivity contribution in [2.45, 2.75) is 57.5 Å². The molecule has 1 aromatic rings. The van der Waals surface area contributed by atoms with E-state index >= 15 is 0 Å². The fraction of sp³-hybridized carbons (Fsp3) is 0.625. The molecule has 1 atom stereocenters. The summed E-state index contributed by atoms with van der Waals surface area (Å²) in [4.78, 5) is 0. The van der Waals surface area contributed by atoms with Crippen LogP contribution in [0, 0.1) is 0 Å². The molecule has 0 saturated heterocycles. The van der Waals surface area contributed by atoms with Crippen molar-refractivity contribution < 1.29 is 4.74 Å². The molecule has 0 radical (unpaired) electrons. The van der Waals surface area contributed by atoms with Crippen molar-refractivity contribution in [3.05, 3.63) is 28.8 Å². The van der Waals surface area contributed by atoms with Crippen LogP contribution in [0.4, 0.5) is 0 Å². The van der Waals surface area contributed by atoms with Crippen LogP contribution in [0.5, 0.6) is 5.75 Å². The monoisotopic (exact) mass is 281 g/mol. The third kappa shape index (κ3) is 3.87. The van der Waals surface area contributed by atoms with Gasteiger partial charge in [-0.15, -0.1) is 0 Å². The van der Waals surface area contributed by atoms with E-state index in [4.69, 9.17) is 22.1 Å². The summed E-state index contributed by atoms with van der Waals surface area (Å²) in [5, 5.41) is 0.800. The molecular weight excluding hydrogens is 258 g/mol. The Bertz CT molecular complexity index is 398. The average molecular weight is 282 g/mol. The molecule has 2 nitrogen and oxygen atoms in total. The van der Waals surface area contributed by atoms with Crippen molar-refractivity contribution in [1.29, 1.82) is 0 Å². The summed E-state index contributed by atoms with van der Waals surface area (Å²) in [5.74, 6) is 1.58. The van der Waals surface area contributed by atoms with E-state index in [0.29, 0.717) is 12.5 Å². The fourth-order valence-electron chi connectivity index (χ4n) is 2.84. The lowest BCUT2D eigenvalue weighted by atomic mass is 9.83. The first kappa shape index (κ1) is 14.7. The molecule has 1 fully saturated rings. The normalized spacial score (nSPS) is 18.3. The molecule has 0 amide bonds. The molecular formula is C16H24ClNO. The van der Waals surface area contributed by atoms with Crippen LogP contribution < -0.4 is 10.5 Å². The Morgan fingerprint density at radius 3 is 2.68 bits per heavy atom. The van der Waals surface area contributed by atoms with Gasteiger partial charge in [0.25, 0.3) is 0 Å². The minimum Gasteiger partial charge on any atom is -0.489 e. The van der Waals surface area contributed by atoms with E-state index in [2.05, 4.69) is 13.0 Å². The average Bonchev–Trinajstić information content (AvgIpc) is 2.47. The van der Waals surface area contributed by atoms with Crippen LogP contribution in [-0.4, -0.2) is 12.6 Å². The second-order valence-electron chi connectivity index (χ2n) is 5.40. The summed E-state index contributed by atoms with van der Waals surface area (Å²) in [6, 6.07) is 5.99. The molecule has 1 saturated carbocycles.